The van der Waals surface area contributed by atoms with Gasteiger partial charge in [0.25, 0.3) is 5.56 Å². The molecule has 0 unspecified atom stereocenters. The van der Waals surface area contributed by atoms with Crippen LogP contribution in [-0.4, -0.2) is 15.0 Å². The summed E-state index contributed by atoms with van der Waals surface area (Å²) in [5.41, 5.74) is 2.13. The van der Waals surface area contributed by atoms with Crippen molar-refractivity contribution in [2.75, 3.05) is 0 Å². The smallest absolute Gasteiger partial charge is 0.332 e. The number of aryl methyl sites for hydroxylation is 1. The van der Waals surface area contributed by atoms with E-state index >= 15 is 0 Å². The van der Waals surface area contributed by atoms with Crippen LogP contribution in [0, 0.1) is 6.92 Å². The number of nitrogens with zero attached hydrogens (tertiary/aromatic N) is 2. The van der Waals surface area contributed by atoms with Crippen LogP contribution in [0.2, 0.25) is 0 Å². The van der Waals surface area contributed by atoms with Gasteiger partial charge in [0.15, 0.2) is 0 Å². The predicted molar refractivity (Wildman–Crippen MR) is 120 cm³/mol. The molecular formula is C24H25N3O4. The molecule has 0 aliphatic carbocycles. The highest BCUT2D eigenvalue weighted by molar-refractivity contribution is 6.02. The number of nitrogens with one attached hydrogen (secondary N) is 1. The van der Waals surface area contributed by atoms with Crippen LogP contribution in [-0.2, 0) is 24.4 Å². The van der Waals surface area contributed by atoms with Crippen molar-refractivity contribution >= 4 is 28.0 Å². The molecule has 2 aromatic heterocycles. The lowest BCUT2D eigenvalue weighted by atomic mass is 10.1. The first-order chi connectivity index (χ1) is 15.0. The molecule has 0 aliphatic rings. The predicted octanol–water partition coefficient (Wildman–Crippen LogP) is 3.33. The molecular weight excluding hydrogens is 394 g/mol. The van der Waals surface area contributed by atoms with Crippen LogP contribution >= 0.6 is 0 Å². The molecule has 7 heteroatoms. The van der Waals surface area contributed by atoms with Gasteiger partial charge in [-0.05, 0) is 31.0 Å². The van der Waals surface area contributed by atoms with Crippen molar-refractivity contribution in [3.05, 3.63) is 80.5 Å². The lowest BCUT2D eigenvalue weighted by Gasteiger charge is -2.12. The van der Waals surface area contributed by atoms with Gasteiger partial charge >= 0.3 is 5.69 Å². The first-order valence-corrected chi connectivity index (χ1v) is 10.5. The van der Waals surface area contributed by atoms with E-state index in [9.17, 15) is 14.4 Å². The maximum Gasteiger partial charge on any atom is 0.332 e. The molecule has 0 aliphatic heterocycles. The summed E-state index contributed by atoms with van der Waals surface area (Å²) in [5.74, 6) is -0.310. The molecule has 1 amide bonds. The third kappa shape index (κ3) is 4.03. The molecule has 0 radical (unpaired) electrons. The number of carbonyl (C=O) groups excluding carboxylic acids is 1. The minimum absolute atomic E-state index is 0.100. The fourth-order valence-electron chi connectivity index (χ4n) is 3.66. The molecule has 1 N–H and O–H groups in total. The van der Waals surface area contributed by atoms with E-state index in [-0.39, 0.29) is 24.6 Å². The molecule has 4 aromatic rings. The monoisotopic (exact) mass is 419 g/mol. The molecule has 0 saturated heterocycles. The quantitative estimate of drug-likeness (QED) is 0.498. The number of furan rings is 1. The third-order valence-electron chi connectivity index (χ3n) is 5.39. The van der Waals surface area contributed by atoms with Crippen molar-refractivity contribution in [1.29, 1.82) is 0 Å². The minimum atomic E-state index is -0.497. The van der Waals surface area contributed by atoms with Gasteiger partial charge in [-0.15, -0.1) is 0 Å². The summed E-state index contributed by atoms with van der Waals surface area (Å²) in [5, 5.41) is 3.50. The summed E-state index contributed by atoms with van der Waals surface area (Å²) >= 11 is 0. The van der Waals surface area contributed by atoms with Crippen LogP contribution in [0.3, 0.4) is 0 Å². The number of hydrogen-bond acceptors (Lipinski definition) is 4. The summed E-state index contributed by atoms with van der Waals surface area (Å²) < 4.78 is 8.31. The summed E-state index contributed by atoms with van der Waals surface area (Å²) in [6.07, 6.45) is 1.52. The first kappa shape index (κ1) is 20.7. The summed E-state index contributed by atoms with van der Waals surface area (Å²) in [7, 11) is 0. The van der Waals surface area contributed by atoms with Gasteiger partial charge in [0, 0.05) is 18.5 Å². The van der Waals surface area contributed by atoms with E-state index in [1.807, 2.05) is 44.2 Å². The molecule has 31 heavy (non-hydrogen) atoms. The highest BCUT2D eigenvalue weighted by Crippen LogP contribution is 2.25. The second kappa shape index (κ2) is 8.63. The second-order valence-corrected chi connectivity index (χ2v) is 7.72. The van der Waals surface area contributed by atoms with E-state index in [4.69, 9.17) is 4.42 Å². The van der Waals surface area contributed by atoms with Crippen molar-refractivity contribution in [2.24, 2.45) is 0 Å². The number of aromatic nitrogens is 2. The summed E-state index contributed by atoms with van der Waals surface area (Å²) in [4.78, 5) is 38.9. The fraction of sp³-hybridized carbons (Fsp3) is 0.292. The van der Waals surface area contributed by atoms with Crippen LogP contribution in [0.1, 0.15) is 30.9 Å². The van der Waals surface area contributed by atoms with Crippen LogP contribution in [0.4, 0.5) is 0 Å². The van der Waals surface area contributed by atoms with Gasteiger partial charge in [0.05, 0.1) is 0 Å². The van der Waals surface area contributed by atoms with Gasteiger partial charge in [-0.3, -0.25) is 18.7 Å². The van der Waals surface area contributed by atoms with Crippen LogP contribution < -0.4 is 16.6 Å². The number of benzene rings is 2. The van der Waals surface area contributed by atoms with E-state index in [2.05, 4.69) is 5.32 Å². The third-order valence-corrected chi connectivity index (χ3v) is 5.39. The molecule has 0 spiro atoms. The first-order valence-electron chi connectivity index (χ1n) is 10.5. The fourth-order valence-corrected chi connectivity index (χ4v) is 3.66. The molecule has 0 fully saturated rings. The van der Waals surface area contributed by atoms with E-state index in [1.165, 1.54) is 9.13 Å². The van der Waals surface area contributed by atoms with E-state index in [0.29, 0.717) is 29.5 Å². The molecule has 2 aromatic carbocycles. The number of para-hydroxylation sites is 1. The topological polar surface area (TPSA) is 86.2 Å². The van der Waals surface area contributed by atoms with E-state index < -0.39 is 11.2 Å². The van der Waals surface area contributed by atoms with Crippen LogP contribution in [0.25, 0.3) is 22.1 Å². The Morgan fingerprint density at radius 1 is 1.03 bits per heavy atom. The Balaban J connectivity index is 1.74. The SMILES string of the molecule is CCCCn1c(=O)c2oc3ccccc3c2n(CC(=O)NCc2ccc(C)cc2)c1=O. The number of carbonyl (C=O) groups is 1. The average molecular weight is 419 g/mol. The normalized spacial score (nSPS) is 11.3. The van der Waals surface area contributed by atoms with Crippen LogP contribution in [0.5, 0.6) is 0 Å². The number of hydrogen-bond donors (Lipinski definition) is 1. The molecule has 160 valence electrons. The van der Waals surface area contributed by atoms with Gasteiger partial charge in [-0.1, -0.05) is 55.3 Å². The second-order valence-electron chi connectivity index (χ2n) is 7.72. The Bertz CT molecular complexity index is 1360. The van der Waals surface area contributed by atoms with Crippen molar-refractivity contribution < 1.29 is 9.21 Å². The summed E-state index contributed by atoms with van der Waals surface area (Å²) in [6, 6.07) is 15.0. The van der Waals surface area contributed by atoms with Gasteiger partial charge in [-0.2, -0.15) is 0 Å². The zero-order chi connectivity index (χ0) is 22.0. The number of fused-ring (bicyclic) bond motifs is 3. The molecule has 7 nitrogen and oxygen atoms in total. The van der Waals surface area contributed by atoms with Crippen molar-refractivity contribution in [1.82, 2.24) is 14.5 Å². The highest BCUT2D eigenvalue weighted by Gasteiger charge is 2.21. The van der Waals surface area contributed by atoms with Crippen molar-refractivity contribution in [2.45, 2.75) is 46.3 Å². The van der Waals surface area contributed by atoms with E-state index in [1.54, 1.807) is 18.2 Å². The zero-order valence-corrected chi connectivity index (χ0v) is 17.7. The van der Waals surface area contributed by atoms with E-state index in [0.717, 1.165) is 17.5 Å². The largest absolute Gasteiger partial charge is 0.449 e. The Kier molecular flexibility index (Phi) is 5.75. The number of unbranched alkanes of at least 4 members (excludes halogenated alkanes) is 1. The summed E-state index contributed by atoms with van der Waals surface area (Å²) in [6.45, 7) is 4.44. The van der Waals surface area contributed by atoms with Gasteiger partial charge in [0.1, 0.15) is 17.6 Å². The molecule has 0 saturated carbocycles. The molecule has 4 rings (SSSR count). The molecule has 2 heterocycles. The number of amides is 1. The lowest BCUT2D eigenvalue weighted by molar-refractivity contribution is -0.121. The Morgan fingerprint density at radius 3 is 2.52 bits per heavy atom. The minimum Gasteiger partial charge on any atom is -0.449 e. The lowest BCUT2D eigenvalue weighted by Crippen LogP contribution is -2.42. The zero-order valence-electron chi connectivity index (χ0n) is 17.7. The Hall–Kier alpha value is -3.61. The Morgan fingerprint density at radius 2 is 1.77 bits per heavy atom. The highest BCUT2D eigenvalue weighted by atomic mass is 16.3. The maximum absolute atomic E-state index is 13.2. The molecule has 0 atom stereocenters. The maximum atomic E-state index is 13.2. The van der Waals surface area contributed by atoms with Gasteiger partial charge in [0.2, 0.25) is 11.5 Å². The van der Waals surface area contributed by atoms with Crippen molar-refractivity contribution in [3.63, 3.8) is 0 Å². The van der Waals surface area contributed by atoms with Crippen molar-refractivity contribution in [3.8, 4) is 0 Å². The standard InChI is InChI=1S/C24H25N3O4/c1-3-4-13-26-23(29)22-21(18-7-5-6-8-19(18)31-22)27(24(26)30)15-20(28)25-14-17-11-9-16(2)10-12-17/h5-12H,3-4,13-15H2,1-2H3,(H,25,28). The average Bonchev–Trinajstić information content (AvgIpc) is 3.16. The van der Waals surface area contributed by atoms with Crippen LogP contribution in [0.15, 0.2) is 62.5 Å². The Labute approximate surface area is 178 Å². The van der Waals surface area contributed by atoms with Gasteiger partial charge < -0.3 is 9.73 Å². The van der Waals surface area contributed by atoms with Gasteiger partial charge in [-0.25, -0.2) is 4.79 Å². The molecule has 0 bridgehead atoms. The number of rotatable bonds is 7.